The van der Waals surface area contributed by atoms with Gasteiger partial charge in [-0.2, -0.15) is 0 Å². The maximum absolute atomic E-state index is 12.1. The third-order valence-corrected chi connectivity index (χ3v) is 4.34. The molecule has 4 heteroatoms. The molecule has 4 nitrogen and oxygen atoms in total. The fourth-order valence-corrected chi connectivity index (χ4v) is 2.85. The lowest BCUT2D eigenvalue weighted by Gasteiger charge is -2.13. The summed E-state index contributed by atoms with van der Waals surface area (Å²) in [5, 5.41) is 8.90. The minimum atomic E-state index is -0.921. The second-order valence-electron chi connectivity index (χ2n) is 5.89. The van der Waals surface area contributed by atoms with Crippen molar-refractivity contribution in [1.82, 2.24) is 4.57 Å². The first kappa shape index (κ1) is 14.6. The number of nitrogens with zero attached hydrogens (tertiary/aromatic N) is 1. The van der Waals surface area contributed by atoms with Crippen LogP contribution in [0.15, 0.2) is 41.2 Å². The summed E-state index contributed by atoms with van der Waals surface area (Å²) in [6.07, 6.45) is 3.15. The van der Waals surface area contributed by atoms with Crippen LogP contribution >= 0.6 is 0 Å². The van der Waals surface area contributed by atoms with E-state index in [0.717, 1.165) is 17.7 Å². The Morgan fingerprint density at radius 2 is 1.86 bits per heavy atom. The van der Waals surface area contributed by atoms with E-state index in [1.165, 1.54) is 18.4 Å². The van der Waals surface area contributed by atoms with Crippen LogP contribution in [-0.4, -0.2) is 15.6 Å². The van der Waals surface area contributed by atoms with Crippen LogP contribution in [0.1, 0.15) is 45.9 Å². The number of benzene rings is 1. The number of pyridine rings is 1. The van der Waals surface area contributed by atoms with Gasteiger partial charge in [-0.3, -0.25) is 4.79 Å². The maximum Gasteiger partial charge on any atom is 0.335 e. The van der Waals surface area contributed by atoms with Gasteiger partial charge in [-0.25, -0.2) is 4.79 Å². The Hall–Kier alpha value is -2.36. The van der Waals surface area contributed by atoms with Gasteiger partial charge in [0.25, 0.3) is 5.56 Å². The third kappa shape index (κ3) is 2.96. The van der Waals surface area contributed by atoms with E-state index in [0.29, 0.717) is 12.5 Å². The van der Waals surface area contributed by atoms with Crippen molar-refractivity contribution in [2.45, 2.75) is 38.6 Å². The van der Waals surface area contributed by atoms with Gasteiger partial charge in [-0.05, 0) is 55.4 Å². The molecule has 1 N–H and O–H groups in total. The Bertz CT molecular complexity index is 755. The van der Waals surface area contributed by atoms with Crippen LogP contribution in [0.5, 0.6) is 0 Å². The van der Waals surface area contributed by atoms with Crippen molar-refractivity contribution >= 4 is 5.97 Å². The number of carboxylic acids is 1. The number of aryl methyl sites for hydroxylation is 1. The zero-order valence-corrected chi connectivity index (χ0v) is 12.6. The summed E-state index contributed by atoms with van der Waals surface area (Å²) in [6.45, 7) is 2.64. The monoisotopic (exact) mass is 297 g/mol. The molecular weight excluding hydrogens is 278 g/mol. The summed E-state index contributed by atoms with van der Waals surface area (Å²) in [4.78, 5) is 22.9. The topological polar surface area (TPSA) is 59.3 Å². The van der Waals surface area contributed by atoms with Gasteiger partial charge in [0.1, 0.15) is 0 Å². The van der Waals surface area contributed by atoms with Crippen molar-refractivity contribution in [3.63, 3.8) is 0 Å². The van der Waals surface area contributed by atoms with Gasteiger partial charge in [0.15, 0.2) is 0 Å². The zero-order chi connectivity index (χ0) is 15.7. The second kappa shape index (κ2) is 5.79. The van der Waals surface area contributed by atoms with Crippen molar-refractivity contribution < 1.29 is 9.90 Å². The Morgan fingerprint density at radius 1 is 1.18 bits per heavy atom. The van der Waals surface area contributed by atoms with Gasteiger partial charge in [0, 0.05) is 18.3 Å². The van der Waals surface area contributed by atoms with Gasteiger partial charge in [-0.15, -0.1) is 0 Å². The SMILES string of the molecule is Cc1c(C2CC2)ccc(=O)n1CCc1ccc(C(=O)O)cc1. The van der Waals surface area contributed by atoms with Gasteiger partial charge in [0.05, 0.1) is 5.56 Å². The van der Waals surface area contributed by atoms with E-state index in [1.54, 1.807) is 18.2 Å². The van der Waals surface area contributed by atoms with Gasteiger partial charge in [0.2, 0.25) is 0 Å². The Balaban J connectivity index is 1.77. The average Bonchev–Trinajstić information content (AvgIpc) is 3.32. The summed E-state index contributed by atoms with van der Waals surface area (Å²) in [5.41, 5.74) is 3.71. The molecule has 0 saturated heterocycles. The summed E-state index contributed by atoms with van der Waals surface area (Å²) in [5.74, 6) is -0.294. The molecule has 0 aliphatic heterocycles. The molecule has 1 aliphatic carbocycles. The van der Waals surface area contributed by atoms with E-state index in [4.69, 9.17) is 5.11 Å². The fraction of sp³-hybridized carbons (Fsp3) is 0.333. The van der Waals surface area contributed by atoms with Crippen LogP contribution in [0.2, 0.25) is 0 Å². The maximum atomic E-state index is 12.1. The highest BCUT2D eigenvalue weighted by Crippen LogP contribution is 2.41. The van der Waals surface area contributed by atoms with E-state index in [-0.39, 0.29) is 11.1 Å². The van der Waals surface area contributed by atoms with Crippen molar-refractivity contribution in [3.05, 3.63) is 69.1 Å². The highest BCUT2D eigenvalue weighted by atomic mass is 16.4. The molecule has 1 aliphatic rings. The highest BCUT2D eigenvalue weighted by molar-refractivity contribution is 5.87. The molecule has 0 radical (unpaired) electrons. The lowest BCUT2D eigenvalue weighted by Crippen LogP contribution is -2.23. The Labute approximate surface area is 129 Å². The normalized spacial score (nSPS) is 14.0. The van der Waals surface area contributed by atoms with Gasteiger partial charge >= 0.3 is 5.97 Å². The second-order valence-corrected chi connectivity index (χ2v) is 5.89. The molecule has 2 aromatic rings. The molecule has 22 heavy (non-hydrogen) atoms. The van der Waals surface area contributed by atoms with Crippen molar-refractivity contribution in [2.24, 2.45) is 0 Å². The van der Waals surface area contributed by atoms with Crippen LogP contribution in [-0.2, 0) is 13.0 Å². The molecule has 0 amide bonds. The van der Waals surface area contributed by atoms with Crippen molar-refractivity contribution in [3.8, 4) is 0 Å². The molecule has 0 atom stereocenters. The first-order chi connectivity index (χ1) is 10.6. The van der Waals surface area contributed by atoms with Gasteiger partial charge in [-0.1, -0.05) is 18.2 Å². The summed E-state index contributed by atoms with van der Waals surface area (Å²) < 4.78 is 1.83. The molecular formula is C18H19NO3. The van der Waals surface area contributed by atoms with Crippen LogP contribution < -0.4 is 5.56 Å². The fourth-order valence-electron chi connectivity index (χ4n) is 2.85. The standard InChI is InChI=1S/C18H19NO3/c1-12-16(14-6-7-14)8-9-17(20)19(12)11-10-13-2-4-15(5-3-13)18(21)22/h2-5,8-9,14H,6-7,10-11H2,1H3,(H,21,22). The third-order valence-electron chi connectivity index (χ3n) is 4.34. The Kier molecular flexibility index (Phi) is 3.84. The summed E-state index contributed by atoms with van der Waals surface area (Å²) in [6, 6.07) is 10.5. The zero-order valence-electron chi connectivity index (χ0n) is 12.6. The first-order valence-corrected chi connectivity index (χ1v) is 7.59. The number of carboxylic acid groups (broad SMARTS) is 1. The minimum absolute atomic E-state index is 0.0315. The first-order valence-electron chi connectivity index (χ1n) is 7.59. The van der Waals surface area contributed by atoms with Crippen LogP contribution in [0.4, 0.5) is 0 Å². The molecule has 114 valence electrons. The Morgan fingerprint density at radius 3 is 2.45 bits per heavy atom. The van der Waals surface area contributed by atoms with E-state index >= 15 is 0 Å². The number of rotatable bonds is 5. The van der Waals surface area contributed by atoms with E-state index < -0.39 is 5.97 Å². The lowest BCUT2D eigenvalue weighted by atomic mass is 10.1. The summed E-state index contributed by atoms with van der Waals surface area (Å²) in [7, 11) is 0. The molecule has 1 fully saturated rings. The molecule has 1 saturated carbocycles. The minimum Gasteiger partial charge on any atom is -0.478 e. The van der Waals surface area contributed by atoms with E-state index in [1.807, 2.05) is 29.7 Å². The molecule has 0 unspecified atom stereocenters. The predicted octanol–water partition coefficient (Wildman–Crippen LogP) is 2.98. The number of aromatic nitrogens is 1. The molecule has 3 rings (SSSR count). The van der Waals surface area contributed by atoms with Crippen molar-refractivity contribution in [2.75, 3.05) is 0 Å². The van der Waals surface area contributed by atoms with Crippen LogP contribution in [0, 0.1) is 6.92 Å². The summed E-state index contributed by atoms with van der Waals surface area (Å²) >= 11 is 0. The van der Waals surface area contributed by atoms with Crippen LogP contribution in [0.3, 0.4) is 0 Å². The van der Waals surface area contributed by atoms with E-state index in [2.05, 4.69) is 0 Å². The molecule has 0 bridgehead atoms. The number of aromatic carboxylic acids is 1. The number of carbonyl (C=O) groups is 1. The van der Waals surface area contributed by atoms with Crippen molar-refractivity contribution in [1.29, 1.82) is 0 Å². The molecule has 1 aromatic carbocycles. The quantitative estimate of drug-likeness (QED) is 0.923. The molecule has 0 spiro atoms. The largest absolute Gasteiger partial charge is 0.478 e. The molecule has 1 aromatic heterocycles. The lowest BCUT2D eigenvalue weighted by molar-refractivity contribution is 0.0697. The average molecular weight is 297 g/mol. The van der Waals surface area contributed by atoms with Gasteiger partial charge < -0.3 is 9.67 Å². The van der Waals surface area contributed by atoms with E-state index in [9.17, 15) is 9.59 Å². The number of hydrogen-bond donors (Lipinski definition) is 1. The predicted molar refractivity (Wildman–Crippen MR) is 84.5 cm³/mol. The number of hydrogen-bond acceptors (Lipinski definition) is 2. The molecule has 1 heterocycles. The highest BCUT2D eigenvalue weighted by Gasteiger charge is 2.26. The smallest absolute Gasteiger partial charge is 0.335 e. The van der Waals surface area contributed by atoms with Crippen LogP contribution in [0.25, 0.3) is 0 Å².